The van der Waals surface area contributed by atoms with Crippen molar-refractivity contribution in [3.05, 3.63) is 102 Å². The molecular weight excluding hydrogens is 432 g/mol. The van der Waals surface area contributed by atoms with Crippen LogP contribution >= 0.6 is 11.8 Å². The molecule has 2 amide bonds. The van der Waals surface area contributed by atoms with E-state index in [2.05, 4.69) is 5.32 Å². The van der Waals surface area contributed by atoms with Crippen molar-refractivity contribution in [3.63, 3.8) is 0 Å². The van der Waals surface area contributed by atoms with Crippen LogP contribution < -0.4 is 10.1 Å². The first-order valence-corrected chi connectivity index (χ1v) is 12.1. The molecule has 0 fully saturated rings. The quantitative estimate of drug-likeness (QED) is 0.461. The number of hydrogen-bond acceptors (Lipinski definition) is 4. The summed E-state index contributed by atoms with van der Waals surface area (Å²) >= 11 is 1.56. The van der Waals surface area contributed by atoms with Gasteiger partial charge in [0, 0.05) is 25.8 Å². The summed E-state index contributed by atoms with van der Waals surface area (Å²) in [6.07, 6.45) is 0.444. The van der Waals surface area contributed by atoms with Crippen molar-refractivity contribution in [2.45, 2.75) is 24.8 Å². The summed E-state index contributed by atoms with van der Waals surface area (Å²) in [6, 6.07) is 26.9. The maximum atomic E-state index is 13.4. The number of nitrogens with zero attached hydrogens (tertiary/aromatic N) is 1. The van der Waals surface area contributed by atoms with Crippen LogP contribution in [0.1, 0.15) is 16.7 Å². The van der Waals surface area contributed by atoms with Gasteiger partial charge in [0.15, 0.2) is 0 Å². The van der Waals surface area contributed by atoms with Gasteiger partial charge in [-0.2, -0.15) is 0 Å². The molecule has 3 rings (SSSR count). The van der Waals surface area contributed by atoms with Crippen LogP contribution in [0.5, 0.6) is 5.75 Å². The Hall–Kier alpha value is -3.25. The lowest BCUT2D eigenvalue weighted by Gasteiger charge is -2.31. The first kappa shape index (κ1) is 24.4. The summed E-state index contributed by atoms with van der Waals surface area (Å²) < 4.78 is 5.35. The van der Waals surface area contributed by atoms with Crippen LogP contribution in [0.3, 0.4) is 0 Å². The molecule has 1 atom stereocenters. The van der Waals surface area contributed by atoms with Crippen molar-refractivity contribution in [3.8, 4) is 5.75 Å². The third-order valence-corrected chi connectivity index (χ3v) is 6.33. The highest BCUT2D eigenvalue weighted by molar-refractivity contribution is 7.99. The Balaban J connectivity index is 1.82. The van der Waals surface area contributed by atoms with Gasteiger partial charge in [0.1, 0.15) is 11.8 Å². The molecule has 3 aromatic rings. The van der Waals surface area contributed by atoms with Crippen molar-refractivity contribution in [2.24, 2.45) is 0 Å². The fourth-order valence-electron chi connectivity index (χ4n) is 3.60. The number of carbonyl (C=O) groups is 2. The highest BCUT2D eigenvalue weighted by Gasteiger charge is 2.29. The number of likely N-dealkylation sites (N-methyl/N-ethyl adjacent to an activating group) is 1. The Kier molecular flexibility index (Phi) is 9.39. The maximum Gasteiger partial charge on any atom is 0.242 e. The van der Waals surface area contributed by atoms with E-state index in [9.17, 15) is 9.59 Å². The van der Waals surface area contributed by atoms with Crippen LogP contribution in [0.4, 0.5) is 0 Å². The summed E-state index contributed by atoms with van der Waals surface area (Å²) in [7, 11) is 3.23. The fourth-order valence-corrected chi connectivity index (χ4v) is 4.47. The Labute approximate surface area is 200 Å². The van der Waals surface area contributed by atoms with Crippen LogP contribution in [0.25, 0.3) is 0 Å². The third-order valence-electron chi connectivity index (χ3n) is 5.34. The topological polar surface area (TPSA) is 58.6 Å². The molecule has 1 N–H and O–H groups in total. The number of nitrogens with one attached hydrogen (secondary N) is 1. The molecule has 0 aliphatic heterocycles. The number of rotatable bonds is 11. The second-order valence-electron chi connectivity index (χ2n) is 7.67. The zero-order valence-electron chi connectivity index (χ0n) is 19.1. The van der Waals surface area contributed by atoms with E-state index in [0.29, 0.717) is 18.7 Å². The minimum absolute atomic E-state index is 0.0664. The number of amides is 2. The summed E-state index contributed by atoms with van der Waals surface area (Å²) in [5.74, 6) is 1.51. The molecule has 0 unspecified atom stereocenters. The molecule has 0 spiro atoms. The normalized spacial score (nSPS) is 11.5. The van der Waals surface area contributed by atoms with Crippen LogP contribution in [-0.2, 0) is 28.3 Å². The molecule has 6 heteroatoms. The van der Waals surface area contributed by atoms with E-state index in [-0.39, 0.29) is 11.8 Å². The van der Waals surface area contributed by atoms with Crippen LogP contribution in [0.15, 0.2) is 84.9 Å². The molecule has 0 heterocycles. The minimum Gasteiger partial charge on any atom is -0.497 e. The molecule has 0 aromatic heterocycles. The smallest absolute Gasteiger partial charge is 0.242 e. The van der Waals surface area contributed by atoms with Gasteiger partial charge < -0.3 is 15.0 Å². The largest absolute Gasteiger partial charge is 0.497 e. The van der Waals surface area contributed by atoms with Gasteiger partial charge in [-0.25, -0.2) is 0 Å². The number of methoxy groups -OCH3 is 1. The molecule has 3 aromatic carbocycles. The van der Waals surface area contributed by atoms with Gasteiger partial charge >= 0.3 is 0 Å². The molecule has 0 radical (unpaired) electrons. The fraction of sp³-hybridized carbons (Fsp3) is 0.259. The summed E-state index contributed by atoms with van der Waals surface area (Å²) in [6.45, 7) is 0.326. The number of ether oxygens (including phenoxy) is 1. The predicted octanol–water partition coefficient (Wildman–Crippen LogP) is 4.31. The van der Waals surface area contributed by atoms with Gasteiger partial charge in [-0.3, -0.25) is 9.59 Å². The van der Waals surface area contributed by atoms with Gasteiger partial charge in [0.05, 0.1) is 12.9 Å². The SMILES string of the molecule is CNC(=O)[C@@H](Cc1ccccc1)N(Cc1cccc(OC)c1)C(=O)CSCc1ccccc1. The lowest BCUT2D eigenvalue weighted by Crippen LogP contribution is -2.50. The Morgan fingerprint density at radius 3 is 2.18 bits per heavy atom. The molecule has 0 aliphatic rings. The van der Waals surface area contributed by atoms with Gasteiger partial charge in [-0.05, 0) is 28.8 Å². The Morgan fingerprint density at radius 2 is 1.55 bits per heavy atom. The summed E-state index contributed by atoms with van der Waals surface area (Å²) in [5.41, 5.74) is 3.09. The van der Waals surface area contributed by atoms with E-state index in [0.717, 1.165) is 22.6 Å². The van der Waals surface area contributed by atoms with Gasteiger partial charge in [-0.15, -0.1) is 11.8 Å². The van der Waals surface area contributed by atoms with E-state index < -0.39 is 6.04 Å². The monoisotopic (exact) mass is 462 g/mol. The van der Waals surface area contributed by atoms with E-state index in [1.54, 1.807) is 30.8 Å². The predicted molar refractivity (Wildman–Crippen MR) is 134 cm³/mol. The second-order valence-corrected chi connectivity index (χ2v) is 8.66. The van der Waals surface area contributed by atoms with E-state index in [1.807, 2.05) is 84.9 Å². The lowest BCUT2D eigenvalue weighted by molar-refractivity contribution is -0.139. The van der Waals surface area contributed by atoms with Crippen LogP contribution in [-0.4, -0.2) is 42.7 Å². The molecular formula is C27H30N2O3S. The summed E-state index contributed by atoms with van der Waals surface area (Å²) in [4.78, 5) is 28.1. The van der Waals surface area contributed by atoms with E-state index >= 15 is 0 Å². The molecule has 33 heavy (non-hydrogen) atoms. The van der Waals surface area contributed by atoms with Crippen LogP contribution in [0.2, 0.25) is 0 Å². The lowest BCUT2D eigenvalue weighted by atomic mass is 10.0. The number of carbonyl (C=O) groups excluding carboxylic acids is 2. The van der Waals surface area contributed by atoms with Crippen molar-refractivity contribution in [1.82, 2.24) is 10.2 Å². The molecule has 0 bridgehead atoms. The highest BCUT2D eigenvalue weighted by Crippen LogP contribution is 2.20. The highest BCUT2D eigenvalue weighted by atomic mass is 32.2. The van der Waals surface area contributed by atoms with E-state index in [1.165, 1.54) is 5.56 Å². The molecule has 0 aliphatic carbocycles. The Morgan fingerprint density at radius 1 is 0.909 bits per heavy atom. The number of hydrogen-bond donors (Lipinski definition) is 1. The van der Waals surface area contributed by atoms with E-state index in [4.69, 9.17) is 4.74 Å². The van der Waals surface area contributed by atoms with Crippen LogP contribution in [0, 0.1) is 0 Å². The zero-order valence-corrected chi connectivity index (χ0v) is 19.9. The molecule has 5 nitrogen and oxygen atoms in total. The first-order chi connectivity index (χ1) is 16.1. The first-order valence-electron chi connectivity index (χ1n) is 10.9. The molecule has 172 valence electrons. The Bertz CT molecular complexity index is 1030. The van der Waals surface area contributed by atoms with Gasteiger partial charge in [-0.1, -0.05) is 72.8 Å². The maximum absolute atomic E-state index is 13.4. The average Bonchev–Trinajstić information content (AvgIpc) is 2.87. The molecule has 0 saturated heterocycles. The van der Waals surface area contributed by atoms with Gasteiger partial charge in [0.25, 0.3) is 0 Å². The number of benzene rings is 3. The average molecular weight is 463 g/mol. The summed E-state index contributed by atoms with van der Waals surface area (Å²) in [5, 5.41) is 2.75. The minimum atomic E-state index is -0.617. The standard InChI is InChI=1S/C27H30N2O3S/c1-28-27(31)25(17-21-10-5-3-6-11-21)29(18-23-14-9-15-24(16-23)32-2)26(30)20-33-19-22-12-7-4-8-13-22/h3-16,25H,17-20H2,1-2H3,(H,28,31)/t25-/m1/s1. The third kappa shape index (κ3) is 7.39. The van der Waals surface area contributed by atoms with Gasteiger partial charge in [0.2, 0.25) is 11.8 Å². The zero-order chi connectivity index (χ0) is 23.5. The number of thioether (sulfide) groups is 1. The van der Waals surface area contributed by atoms with Crippen molar-refractivity contribution in [1.29, 1.82) is 0 Å². The molecule has 0 saturated carbocycles. The van der Waals surface area contributed by atoms with Crippen molar-refractivity contribution in [2.75, 3.05) is 19.9 Å². The van der Waals surface area contributed by atoms with Crippen molar-refractivity contribution >= 4 is 23.6 Å². The van der Waals surface area contributed by atoms with Crippen molar-refractivity contribution < 1.29 is 14.3 Å². The second kappa shape index (κ2) is 12.7.